The van der Waals surface area contributed by atoms with Gasteiger partial charge in [-0.25, -0.2) is 4.79 Å². The minimum absolute atomic E-state index is 0.0218. The van der Waals surface area contributed by atoms with Crippen LogP contribution in [0.15, 0.2) is 18.2 Å². The van der Waals surface area contributed by atoms with Crippen molar-refractivity contribution in [1.29, 1.82) is 0 Å². The Labute approximate surface area is 153 Å². The van der Waals surface area contributed by atoms with Crippen LogP contribution in [0.25, 0.3) is 0 Å². The quantitative estimate of drug-likeness (QED) is 0.708. The lowest BCUT2D eigenvalue weighted by atomic mass is 10.1. The molecule has 0 bridgehead atoms. The summed E-state index contributed by atoms with van der Waals surface area (Å²) in [6.07, 6.45) is 1.68. The van der Waals surface area contributed by atoms with Gasteiger partial charge in [-0.05, 0) is 30.5 Å². The minimum Gasteiger partial charge on any atom is -0.486 e. The Bertz CT molecular complexity index is 644. The van der Waals surface area contributed by atoms with Crippen molar-refractivity contribution < 1.29 is 19.1 Å². The molecule has 142 valence electrons. The Morgan fingerprint density at radius 2 is 1.88 bits per heavy atom. The third-order valence-electron chi connectivity index (χ3n) is 4.63. The van der Waals surface area contributed by atoms with Crippen molar-refractivity contribution in [2.24, 2.45) is 0 Å². The maximum atomic E-state index is 12.1. The van der Waals surface area contributed by atoms with Crippen LogP contribution in [0, 0.1) is 0 Å². The van der Waals surface area contributed by atoms with Gasteiger partial charge in [0.2, 0.25) is 5.91 Å². The first-order chi connectivity index (χ1) is 12.6. The molecule has 0 unspecified atom stereocenters. The Kier molecular flexibility index (Phi) is 6.17. The molecular weight excluding hydrogens is 336 g/mol. The van der Waals surface area contributed by atoms with Crippen LogP contribution in [0.3, 0.4) is 0 Å². The summed E-state index contributed by atoms with van der Waals surface area (Å²) in [5.74, 6) is 1.49. The van der Waals surface area contributed by atoms with Crippen molar-refractivity contribution >= 4 is 11.9 Å². The van der Waals surface area contributed by atoms with E-state index in [2.05, 4.69) is 20.9 Å². The molecule has 2 aliphatic rings. The highest BCUT2D eigenvalue weighted by atomic mass is 16.6. The number of ether oxygens (including phenoxy) is 2. The fourth-order valence-electron chi connectivity index (χ4n) is 3.13. The lowest BCUT2D eigenvalue weighted by Gasteiger charge is -2.31. The number of carbonyl (C=O) groups is 2. The van der Waals surface area contributed by atoms with Gasteiger partial charge in [-0.2, -0.15) is 0 Å². The van der Waals surface area contributed by atoms with Gasteiger partial charge in [-0.15, -0.1) is 0 Å². The van der Waals surface area contributed by atoms with Gasteiger partial charge in [-0.1, -0.05) is 6.07 Å². The normalized spacial score (nSPS) is 17.4. The van der Waals surface area contributed by atoms with Crippen LogP contribution in [0.4, 0.5) is 4.79 Å². The van der Waals surface area contributed by atoms with Gasteiger partial charge in [0.05, 0.1) is 6.54 Å². The second-order valence-corrected chi connectivity index (χ2v) is 6.53. The fourth-order valence-corrected chi connectivity index (χ4v) is 3.13. The summed E-state index contributed by atoms with van der Waals surface area (Å²) in [7, 11) is 1.64. The maximum absolute atomic E-state index is 12.1. The molecule has 0 spiro atoms. The number of piperidine rings is 1. The molecule has 1 aromatic rings. The predicted molar refractivity (Wildman–Crippen MR) is 96.3 cm³/mol. The Balaban J connectivity index is 1.39. The summed E-state index contributed by atoms with van der Waals surface area (Å²) in [6.45, 7) is 3.57. The molecule has 3 rings (SSSR count). The van der Waals surface area contributed by atoms with E-state index in [0.29, 0.717) is 26.3 Å². The summed E-state index contributed by atoms with van der Waals surface area (Å²) in [5, 5.41) is 8.52. The molecule has 2 aliphatic heterocycles. The number of amides is 3. The van der Waals surface area contributed by atoms with Crippen molar-refractivity contribution in [3.05, 3.63) is 23.8 Å². The zero-order valence-corrected chi connectivity index (χ0v) is 15.0. The van der Waals surface area contributed by atoms with Crippen LogP contribution in [-0.4, -0.2) is 62.8 Å². The number of nitrogens with zero attached hydrogens (tertiary/aromatic N) is 1. The largest absolute Gasteiger partial charge is 0.486 e. The lowest BCUT2D eigenvalue weighted by Crippen LogP contribution is -2.49. The van der Waals surface area contributed by atoms with Crippen LogP contribution >= 0.6 is 0 Å². The lowest BCUT2D eigenvalue weighted by molar-refractivity contribution is -0.122. The summed E-state index contributed by atoms with van der Waals surface area (Å²) < 4.78 is 11.0. The van der Waals surface area contributed by atoms with Crippen LogP contribution in [0.1, 0.15) is 18.4 Å². The van der Waals surface area contributed by atoms with Crippen LogP contribution in [0.2, 0.25) is 0 Å². The van der Waals surface area contributed by atoms with Crippen molar-refractivity contribution in [3.8, 4) is 11.5 Å². The SMILES string of the molecule is CNC(=O)CN1CCC(NC(=O)NCc2ccc3c(c2)OCCO3)CC1. The van der Waals surface area contributed by atoms with Gasteiger partial charge in [0.15, 0.2) is 11.5 Å². The molecular formula is C18H26N4O4. The second kappa shape index (κ2) is 8.75. The van der Waals surface area contributed by atoms with Crippen LogP contribution in [0.5, 0.6) is 11.5 Å². The zero-order valence-electron chi connectivity index (χ0n) is 15.0. The summed E-state index contributed by atoms with van der Waals surface area (Å²) in [4.78, 5) is 25.6. The van der Waals surface area contributed by atoms with E-state index in [4.69, 9.17) is 9.47 Å². The van der Waals surface area contributed by atoms with Crippen molar-refractivity contribution in [2.75, 3.05) is 39.9 Å². The molecule has 0 radical (unpaired) electrons. The number of likely N-dealkylation sites (tertiary alicyclic amines) is 1. The smallest absolute Gasteiger partial charge is 0.315 e. The molecule has 0 atom stereocenters. The first-order valence-corrected chi connectivity index (χ1v) is 9.00. The third kappa shape index (κ3) is 5.01. The molecule has 3 amide bonds. The van der Waals surface area contributed by atoms with Crippen molar-refractivity contribution in [1.82, 2.24) is 20.9 Å². The maximum Gasteiger partial charge on any atom is 0.315 e. The number of hydrogen-bond donors (Lipinski definition) is 3. The average molecular weight is 362 g/mol. The molecule has 8 nitrogen and oxygen atoms in total. The zero-order chi connectivity index (χ0) is 18.4. The molecule has 1 fully saturated rings. The Hall–Kier alpha value is -2.48. The molecule has 1 aromatic carbocycles. The summed E-state index contributed by atoms with van der Waals surface area (Å²) >= 11 is 0. The number of likely N-dealkylation sites (N-methyl/N-ethyl adjacent to an activating group) is 1. The van der Waals surface area contributed by atoms with Gasteiger partial charge >= 0.3 is 6.03 Å². The van der Waals surface area contributed by atoms with Crippen LogP contribution in [-0.2, 0) is 11.3 Å². The van der Waals surface area contributed by atoms with E-state index in [9.17, 15) is 9.59 Å². The Morgan fingerprint density at radius 3 is 2.62 bits per heavy atom. The first-order valence-electron chi connectivity index (χ1n) is 9.00. The van der Waals surface area contributed by atoms with E-state index in [1.165, 1.54) is 0 Å². The minimum atomic E-state index is -0.176. The standard InChI is InChI=1S/C18H26N4O4/c1-19-17(23)12-22-6-4-14(5-7-22)21-18(24)20-11-13-2-3-15-16(10-13)26-9-8-25-15/h2-3,10,14H,4-9,11-12H2,1H3,(H,19,23)(H2,20,21,24). The number of benzene rings is 1. The highest BCUT2D eigenvalue weighted by Gasteiger charge is 2.21. The van der Waals surface area contributed by atoms with E-state index in [-0.39, 0.29) is 18.0 Å². The average Bonchev–Trinajstić information content (AvgIpc) is 2.67. The summed E-state index contributed by atoms with van der Waals surface area (Å²) in [5.41, 5.74) is 0.963. The molecule has 2 heterocycles. The van der Waals surface area contributed by atoms with E-state index < -0.39 is 0 Å². The molecule has 0 aliphatic carbocycles. The van der Waals surface area contributed by atoms with Crippen molar-refractivity contribution in [3.63, 3.8) is 0 Å². The molecule has 26 heavy (non-hydrogen) atoms. The molecule has 3 N–H and O–H groups in total. The van der Waals surface area contributed by atoms with Gasteiger partial charge in [0.1, 0.15) is 13.2 Å². The van der Waals surface area contributed by atoms with Gasteiger partial charge in [0, 0.05) is 32.7 Å². The van der Waals surface area contributed by atoms with Gasteiger partial charge < -0.3 is 25.4 Å². The van der Waals surface area contributed by atoms with E-state index in [1.54, 1.807) is 7.05 Å². The number of carbonyl (C=O) groups excluding carboxylic acids is 2. The number of rotatable bonds is 5. The molecule has 0 saturated carbocycles. The molecule has 1 saturated heterocycles. The number of urea groups is 1. The number of hydrogen-bond acceptors (Lipinski definition) is 5. The fraction of sp³-hybridized carbons (Fsp3) is 0.556. The van der Waals surface area contributed by atoms with Gasteiger partial charge in [0.25, 0.3) is 0 Å². The molecule has 8 heteroatoms. The first kappa shape index (κ1) is 18.3. The monoisotopic (exact) mass is 362 g/mol. The topological polar surface area (TPSA) is 91.9 Å². The van der Waals surface area contributed by atoms with E-state index in [1.807, 2.05) is 18.2 Å². The van der Waals surface area contributed by atoms with E-state index >= 15 is 0 Å². The molecule has 0 aromatic heterocycles. The number of fused-ring (bicyclic) bond motifs is 1. The Morgan fingerprint density at radius 1 is 1.15 bits per heavy atom. The highest BCUT2D eigenvalue weighted by Crippen LogP contribution is 2.30. The van der Waals surface area contributed by atoms with Crippen LogP contribution < -0.4 is 25.4 Å². The second-order valence-electron chi connectivity index (χ2n) is 6.53. The predicted octanol–water partition coefficient (Wildman–Crippen LogP) is 0.467. The third-order valence-corrected chi connectivity index (χ3v) is 4.63. The summed E-state index contributed by atoms with van der Waals surface area (Å²) in [6, 6.07) is 5.64. The van der Waals surface area contributed by atoms with E-state index in [0.717, 1.165) is 43.0 Å². The highest BCUT2D eigenvalue weighted by molar-refractivity contribution is 5.77. The van der Waals surface area contributed by atoms with Gasteiger partial charge in [-0.3, -0.25) is 9.69 Å². The number of nitrogens with one attached hydrogen (secondary N) is 3. The van der Waals surface area contributed by atoms with Crippen molar-refractivity contribution in [2.45, 2.75) is 25.4 Å².